The van der Waals surface area contributed by atoms with Crippen LogP contribution in [0.4, 0.5) is 5.69 Å². The Morgan fingerprint density at radius 1 is 1.00 bits per heavy atom. The molecule has 0 atom stereocenters. The number of para-hydroxylation sites is 1. The van der Waals surface area contributed by atoms with Crippen LogP contribution >= 0.6 is 11.3 Å². The number of anilines is 1. The average molecular weight is 424 g/mol. The highest BCUT2D eigenvalue weighted by Crippen LogP contribution is 2.29. The lowest BCUT2D eigenvalue weighted by Crippen LogP contribution is -2.36. The molecule has 2 amide bonds. The number of thiazole rings is 1. The van der Waals surface area contributed by atoms with Crippen molar-refractivity contribution in [3.8, 4) is 16.3 Å². The lowest BCUT2D eigenvalue weighted by atomic mass is 10.1. The Balaban J connectivity index is 1.56. The Morgan fingerprint density at radius 2 is 1.67 bits per heavy atom. The number of amides is 2. The number of methoxy groups -OCH3 is 1. The second-order valence-electron chi connectivity index (χ2n) is 6.98. The molecule has 30 heavy (non-hydrogen) atoms. The summed E-state index contributed by atoms with van der Waals surface area (Å²) in [6.07, 6.45) is 0.613. The molecule has 6 nitrogen and oxygen atoms in total. The number of ether oxygens (including phenoxy) is 1. The number of rotatable bonds is 6. The molecule has 0 saturated heterocycles. The number of carbonyl (C=O) groups excluding carboxylic acids is 2. The molecule has 0 aliphatic carbocycles. The summed E-state index contributed by atoms with van der Waals surface area (Å²) in [5, 5.41) is 6.32. The van der Waals surface area contributed by atoms with Crippen LogP contribution in [0.1, 0.15) is 21.7 Å². The van der Waals surface area contributed by atoms with Crippen LogP contribution in [0.2, 0.25) is 0 Å². The quantitative estimate of drug-likeness (QED) is 0.587. The predicted molar refractivity (Wildman–Crippen MR) is 120 cm³/mol. The Morgan fingerprint density at radius 3 is 2.30 bits per heavy atom. The van der Waals surface area contributed by atoms with Crippen molar-refractivity contribution >= 4 is 28.8 Å². The Labute approximate surface area is 180 Å². The highest BCUT2D eigenvalue weighted by atomic mass is 32.1. The van der Waals surface area contributed by atoms with Crippen molar-refractivity contribution in [1.29, 1.82) is 0 Å². The molecular weight excluding hydrogens is 398 g/mol. The maximum Gasteiger partial charge on any atom is 0.313 e. The van der Waals surface area contributed by atoms with Crippen molar-refractivity contribution in [1.82, 2.24) is 10.3 Å². The molecule has 7 heteroatoms. The Kier molecular flexibility index (Phi) is 6.84. The zero-order valence-electron chi connectivity index (χ0n) is 17.5. The lowest BCUT2D eigenvalue weighted by molar-refractivity contribution is -0.136. The zero-order valence-corrected chi connectivity index (χ0v) is 18.4. The number of carbonyl (C=O) groups is 2. The minimum Gasteiger partial charge on any atom is -0.497 e. The van der Waals surface area contributed by atoms with Crippen LogP contribution in [-0.4, -0.2) is 30.5 Å². The van der Waals surface area contributed by atoms with Crippen LogP contribution in [0, 0.1) is 20.8 Å². The second kappa shape index (κ2) is 9.54. The van der Waals surface area contributed by atoms with Gasteiger partial charge >= 0.3 is 11.8 Å². The number of aromatic nitrogens is 1. The summed E-state index contributed by atoms with van der Waals surface area (Å²) in [6.45, 7) is 6.11. The Bertz CT molecular complexity index is 1040. The van der Waals surface area contributed by atoms with Crippen LogP contribution in [0.25, 0.3) is 10.6 Å². The van der Waals surface area contributed by atoms with Crippen LogP contribution < -0.4 is 15.4 Å². The molecule has 0 bridgehead atoms. The van der Waals surface area contributed by atoms with Crippen LogP contribution in [0.5, 0.6) is 5.75 Å². The Hall–Kier alpha value is -3.19. The minimum atomic E-state index is -0.660. The lowest BCUT2D eigenvalue weighted by Gasteiger charge is -2.11. The van der Waals surface area contributed by atoms with Crippen LogP contribution in [-0.2, 0) is 16.0 Å². The topological polar surface area (TPSA) is 80.3 Å². The SMILES string of the molecule is COc1ccc(-c2nc(C)c(CCNC(=O)C(=O)Nc3c(C)cccc3C)s2)cc1. The van der Waals surface area contributed by atoms with Gasteiger partial charge in [0.05, 0.1) is 12.8 Å². The van der Waals surface area contributed by atoms with Gasteiger partial charge in [-0.3, -0.25) is 9.59 Å². The zero-order chi connectivity index (χ0) is 21.7. The van der Waals surface area contributed by atoms with Crippen molar-refractivity contribution in [2.75, 3.05) is 19.0 Å². The van der Waals surface area contributed by atoms with E-state index in [4.69, 9.17) is 4.74 Å². The largest absolute Gasteiger partial charge is 0.497 e. The van der Waals surface area contributed by atoms with Crippen LogP contribution in [0.15, 0.2) is 42.5 Å². The first kappa shape index (κ1) is 21.5. The number of hydrogen-bond donors (Lipinski definition) is 2. The minimum absolute atomic E-state index is 0.365. The predicted octanol–water partition coefficient (Wildman–Crippen LogP) is 4.04. The molecule has 0 fully saturated rings. The summed E-state index contributed by atoms with van der Waals surface area (Å²) in [6, 6.07) is 13.5. The summed E-state index contributed by atoms with van der Waals surface area (Å²) in [7, 11) is 1.64. The molecule has 0 radical (unpaired) electrons. The van der Waals surface area contributed by atoms with Gasteiger partial charge in [-0.2, -0.15) is 0 Å². The molecule has 156 valence electrons. The molecule has 2 aromatic carbocycles. The van der Waals surface area contributed by atoms with E-state index in [9.17, 15) is 9.59 Å². The van der Waals surface area contributed by atoms with Gasteiger partial charge in [-0.15, -0.1) is 11.3 Å². The summed E-state index contributed by atoms with van der Waals surface area (Å²) < 4.78 is 5.19. The summed E-state index contributed by atoms with van der Waals surface area (Å²) >= 11 is 1.59. The van der Waals surface area contributed by atoms with E-state index in [1.54, 1.807) is 18.4 Å². The van der Waals surface area contributed by atoms with E-state index in [0.29, 0.717) is 18.7 Å². The van der Waals surface area contributed by atoms with Gasteiger partial charge in [-0.05, 0) is 56.2 Å². The standard InChI is InChI=1S/C23H25N3O3S/c1-14-6-5-7-15(2)20(14)26-22(28)21(27)24-13-12-19-16(3)25-23(30-19)17-8-10-18(29-4)11-9-17/h5-11H,12-13H2,1-4H3,(H,24,27)(H,26,28). The smallest absolute Gasteiger partial charge is 0.313 e. The van der Waals surface area contributed by atoms with E-state index in [2.05, 4.69) is 15.6 Å². The molecule has 1 aromatic heterocycles. The molecular formula is C23H25N3O3S. The van der Waals surface area contributed by atoms with Crippen molar-refractivity contribution < 1.29 is 14.3 Å². The van der Waals surface area contributed by atoms with E-state index < -0.39 is 11.8 Å². The van der Waals surface area contributed by atoms with Crippen LogP contribution in [0.3, 0.4) is 0 Å². The van der Waals surface area contributed by atoms with Crippen molar-refractivity contribution in [2.45, 2.75) is 27.2 Å². The third-order valence-corrected chi connectivity index (χ3v) is 6.06. The highest BCUT2D eigenvalue weighted by Gasteiger charge is 2.16. The number of benzene rings is 2. The molecule has 3 rings (SSSR count). The van der Waals surface area contributed by atoms with Gasteiger partial charge in [0.2, 0.25) is 0 Å². The number of nitrogens with zero attached hydrogens (tertiary/aromatic N) is 1. The first-order chi connectivity index (χ1) is 14.4. The first-order valence-electron chi connectivity index (χ1n) is 9.65. The number of hydrogen-bond acceptors (Lipinski definition) is 5. The maximum absolute atomic E-state index is 12.2. The molecule has 0 saturated carbocycles. The van der Waals surface area contributed by atoms with Gasteiger partial charge in [0, 0.05) is 29.1 Å². The second-order valence-corrected chi connectivity index (χ2v) is 8.07. The van der Waals surface area contributed by atoms with E-state index >= 15 is 0 Å². The molecule has 2 N–H and O–H groups in total. The maximum atomic E-state index is 12.2. The fraction of sp³-hybridized carbons (Fsp3) is 0.261. The van der Waals surface area contributed by atoms with E-state index in [-0.39, 0.29) is 0 Å². The van der Waals surface area contributed by atoms with Crippen molar-refractivity contribution in [3.63, 3.8) is 0 Å². The third kappa shape index (κ3) is 5.04. The first-order valence-corrected chi connectivity index (χ1v) is 10.5. The van der Waals surface area contributed by atoms with E-state index in [1.807, 2.05) is 63.2 Å². The van der Waals surface area contributed by atoms with Gasteiger partial charge in [0.1, 0.15) is 10.8 Å². The van der Waals surface area contributed by atoms with E-state index in [1.165, 1.54) is 0 Å². The fourth-order valence-corrected chi connectivity index (χ4v) is 4.14. The summed E-state index contributed by atoms with van der Waals surface area (Å²) in [5.74, 6) is -0.503. The number of nitrogens with one attached hydrogen (secondary N) is 2. The molecule has 3 aromatic rings. The molecule has 0 aliphatic rings. The van der Waals surface area contributed by atoms with Gasteiger partial charge in [-0.1, -0.05) is 18.2 Å². The monoisotopic (exact) mass is 423 g/mol. The average Bonchev–Trinajstić information content (AvgIpc) is 3.11. The number of aryl methyl sites for hydroxylation is 3. The van der Waals surface area contributed by atoms with Gasteiger partial charge in [0.25, 0.3) is 0 Å². The molecule has 0 unspecified atom stereocenters. The normalized spacial score (nSPS) is 10.5. The van der Waals surface area contributed by atoms with Crippen molar-refractivity contribution in [2.24, 2.45) is 0 Å². The summed E-state index contributed by atoms with van der Waals surface area (Å²) in [5.41, 5.74) is 4.47. The van der Waals surface area contributed by atoms with Gasteiger partial charge in [0.15, 0.2) is 0 Å². The highest BCUT2D eigenvalue weighted by molar-refractivity contribution is 7.15. The molecule has 1 heterocycles. The fourth-order valence-electron chi connectivity index (χ4n) is 3.07. The van der Waals surface area contributed by atoms with E-state index in [0.717, 1.165) is 38.0 Å². The third-order valence-electron chi connectivity index (χ3n) is 4.79. The summed E-state index contributed by atoms with van der Waals surface area (Å²) in [4.78, 5) is 30.1. The van der Waals surface area contributed by atoms with Gasteiger partial charge < -0.3 is 15.4 Å². The van der Waals surface area contributed by atoms with Crippen molar-refractivity contribution in [3.05, 3.63) is 64.2 Å². The molecule has 0 aliphatic heterocycles. The van der Waals surface area contributed by atoms with Gasteiger partial charge in [-0.25, -0.2) is 4.98 Å². The molecule has 0 spiro atoms.